The first-order chi connectivity index (χ1) is 8.37. The fraction of sp³-hybridized carbons (Fsp3) is 0.500. The van der Waals surface area contributed by atoms with Crippen LogP contribution in [0.15, 0.2) is 18.2 Å². The molecule has 102 valence electrons. The Morgan fingerprint density at radius 3 is 2.28 bits per heavy atom. The van der Waals surface area contributed by atoms with Gasteiger partial charge < -0.3 is 14.8 Å². The molecule has 1 N–H and O–H groups in total. The van der Waals surface area contributed by atoms with E-state index in [9.17, 15) is 13.2 Å². The summed E-state index contributed by atoms with van der Waals surface area (Å²) >= 11 is 0. The van der Waals surface area contributed by atoms with E-state index in [2.05, 4.69) is 5.32 Å². The largest absolute Gasteiger partial charge is 0.493 e. The molecule has 0 saturated heterocycles. The third-order valence-electron chi connectivity index (χ3n) is 2.52. The van der Waals surface area contributed by atoms with Gasteiger partial charge in [0.1, 0.15) is 0 Å². The summed E-state index contributed by atoms with van der Waals surface area (Å²) in [6.45, 7) is 0.634. The van der Waals surface area contributed by atoms with Crippen molar-refractivity contribution in [1.29, 1.82) is 0 Å². The summed E-state index contributed by atoms with van der Waals surface area (Å²) in [6.07, 6.45) is -4.22. The van der Waals surface area contributed by atoms with Crippen molar-refractivity contribution in [3.8, 4) is 11.5 Å². The van der Waals surface area contributed by atoms with Gasteiger partial charge in [0.2, 0.25) is 0 Å². The van der Waals surface area contributed by atoms with Crippen molar-refractivity contribution in [2.24, 2.45) is 0 Å². The molecule has 0 aliphatic heterocycles. The molecule has 0 radical (unpaired) electrons. The normalized spacial score (nSPS) is 13.2. The number of benzene rings is 1. The molecule has 0 amide bonds. The van der Waals surface area contributed by atoms with Gasteiger partial charge >= 0.3 is 6.18 Å². The molecule has 0 fully saturated rings. The van der Waals surface area contributed by atoms with Gasteiger partial charge in [0.15, 0.2) is 11.5 Å². The second-order valence-electron chi connectivity index (χ2n) is 3.83. The predicted octanol–water partition coefficient (Wildman–Crippen LogP) is 2.92. The molecule has 0 aliphatic carbocycles. The second-order valence-corrected chi connectivity index (χ2v) is 3.83. The van der Waals surface area contributed by atoms with Gasteiger partial charge in [-0.3, -0.25) is 0 Å². The van der Waals surface area contributed by atoms with Gasteiger partial charge in [-0.15, -0.1) is 0 Å². The highest BCUT2D eigenvalue weighted by molar-refractivity contribution is 5.43. The summed E-state index contributed by atoms with van der Waals surface area (Å²) in [5, 5.41) is 2.41. The number of ether oxygens (including phenoxy) is 2. The molecule has 6 heteroatoms. The fourth-order valence-corrected chi connectivity index (χ4v) is 1.51. The first kappa shape index (κ1) is 14.6. The maximum Gasteiger partial charge on any atom is 0.401 e. The van der Waals surface area contributed by atoms with Crippen molar-refractivity contribution in [1.82, 2.24) is 5.32 Å². The Bertz CT molecular complexity index is 393. The van der Waals surface area contributed by atoms with E-state index in [1.165, 1.54) is 14.2 Å². The molecule has 0 saturated carbocycles. The van der Waals surface area contributed by atoms with Gasteiger partial charge in [0, 0.05) is 6.04 Å². The highest BCUT2D eigenvalue weighted by atomic mass is 19.4. The number of hydrogen-bond acceptors (Lipinski definition) is 3. The van der Waals surface area contributed by atoms with Crippen LogP contribution in [0.1, 0.15) is 18.5 Å². The molecule has 1 rings (SSSR count). The van der Waals surface area contributed by atoms with Crippen LogP contribution < -0.4 is 14.8 Å². The van der Waals surface area contributed by atoms with Crippen LogP contribution in [0.3, 0.4) is 0 Å². The number of nitrogens with one attached hydrogen (secondary N) is 1. The van der Waals surface area contributed by atoms with E-state index in [0.717, 1.165) is 0 Å². The zero-order chi connectivity index (χ0) is 13.8. The third-order valence-corrected chi connectivity index (χ3v) is 2.52. The Kier molecular flexibility index (Phi) is 4.84. The van der Waals surface area contributed by atoms with E-state index in [1.54, 1.807) is 25.1 Å². The lowest BCUT2D eigenvalue weighted by Gasteiger charge is -2.17. The Morgan fingerprint density at radius 1 is 1.17 bits per heavy atom. The van der Waals surface area contributed by atoms with Crippen LogP contribution >= 0.6 is 0 Å². The van der Waals surface area contributed by atoms with Gasteiger partial charge in [-0.05, 0) is 24.6 Å². The number of rotatable bonds is 5. The topological polar surface area (TPSA) is 30.5 Å². The van der Waals surface area contributed by atoms with Crippen LogP contribution in [0.5, 0.6) is 11.5 Å². The van der Waals surface area contributed by atoms with Gasteiger partial charge in [-0.2, -0.15) is 13.2 Å². The lowest BCUT2D eigenvalue weighted by atomic mass is 10.1. The van der Waals surface area contributed by atoms with Crippen molar-refractivity contribution in [3.05, 3.63) is 23.8 Å². The number of methoxy groups -OCH3 is 2. The standard InChI is InChI=1S/C12H16F3NO2/c1-8(16-7-12(13,14)15)9-4-5-10(17-2)11(6-9)18-3/h4-6,8,16H,7H2,1-3H3. The quantitative estimate of drug-likeness (QED) is 0.886. The van der Waals surface area contributed by atoms with E-state index in [-0.39, 0.29) is 0 Å². The molecule has 0 aliphatic rings. The molecule has 18 heavy (non-hydrogen) atoms. The van der Waals surface area contributed by atoms with Crippen LogP contribution in [0.2, 0.25) is 0 Å². The molecule has 1 aromatic rings. The summed E-state index contributed by atoms with van der Waals surface area (Å²) in [5.41, 5.74) is 0.705. The minimum absolute atomic E-state index is 0.425. The SMILES string of the molecule is COc1ccc(C(C)NCC(F)(F)F)cc1OC. The average molecular weight is 263 g/mol. The van der Waals surface area contributed by atoms with E-state index in [4.69, 9.17) is 9.47 Å². The molecule has 0 heterocycles. The van der Waals surface area contributed by atoms with Crippen molar-refractivity contribution >= 4 is 0 Å². The predicted molar refractivity (Wildman–Crippen MR) is 62.0 cm³/mol. The molecule has 0 aromatic heterocycles. The molecule has 1 unspecified atom stereocenters. The molecular weight excluding hydrogens is 247 g/mol. The molecule has 1 atom stereocenters. The summed E-state index contributed by atoms with van der Waals surface area (Å²) in [6, 6.07) is 4.61. The molecule has 0 spiro atoms. The first-order valence-electron chi connectivity index (χ1n) is 5.39. The van der Waals surface area contributed by atoms with Crippen LogP contribution in [0.4, 0.5) is 13.2 Å². The highest BCUT2D eigenvalue weighted by Crippen LogP contribution is 2.30. The maximum absolute atomic E-state index is 12.1. The Balaban J connectivity index is 2.77. The second kappa shape index (κ2) is 5.95. The van der Waals surface area contributed by atoms with E-state index < -0.39 is 18.8 Å². The molecule has 3 nitrogen and oxygen atoms in total. The van der Waals surface area contributed by atoms with Crippen LogP contribution in [0.25, 0.3) is 0 Å². The minimum Gasteiger partial charge on any atom is -0.493 e. The lowest BCUT2D eigenvalue weighted by molar-refractivity contribution is -0.126. The lowest BCUT2D eigenvalue weighted by Crippen LogP contribution is -2.30. The van der Waals surface area contributed by atoms with Crippen molar-refractivity contribution in [3.63, 3.8) is 0 Å². The summed E-state index contributed by atoms with van der Waals surface area (Å²) in [5.74, 6) is 1.04. The Labute approximate surface area is 104 Å². The van der Waals surface area contributed by atoms with E-state index in [1.807, 2.05) is 0 Å². The average Bonchev–Trinajstić information content (AvgIpc) is 2.34. The van der Waals surface area contributed by atoms with Crippen molar-refractivity contribution in [2.45, 2.75) is 19.1 Å². The van der Waals surface area contributed by atoms with Gasteiger partial charge in [-0.25, -0.2) is 0 Å². The minimum atomic E-state index is -4.22. The van der Waals surface area contributed by atoms with E-state index in [0.29, 0.717) is 17.1 Å². The number of halogens is 3. The monoisotopic (exact) mass is 263 g/mol. The molecule has 0 bridgehead atoms. The smallest absolute Gasteiger partial charge is 0.401 e. The van der Waals surface area contributed by atoms with Gasteiger partial charge in [0.05, 0.1) is 20.8 Å². The van der Waals surface area contributed by atoms with Gasteiger partial charge in [-0.1, -0.05) is 6.07 Å². The van der Waals surface area contributed by atoms with Crippen LogP contribution in [0, 0.1) is 0 Å². The summed E-state index contributed by atoms with van der Waals surface area (Å²) < 4.78 is 46.4. The van der Waals surface area contributed by atoms with Crippen molar-refractivity contribution in [2.75, 3.05) is 20.8 Å². The fourth-order valence-electron chi connectivity index (χ4n) is 1.51. The van der Waals surface area contributed by atoms with Crippen LogP contribution in [-0.4, -0.2) is 26.9 Å². The Morgan fingerprint density at radius 2 is 1.78 bits per heavy atom. The summed E-state index contributed by atoms with van der Waals surface area (Å²) in [7, 11) is 2.98. The number of hydrogen-bond donors (Lipinski definition) is 1. The molecular formula is C12H16F3NO2. The maximum atomic E-state index is 12.1. The highest BCUT2D eigenvalue weighted by Gasteiger charge is 2.27. The van der Waals surface area contributed by atoms with E-state index >= 15 is 0 Å². The molecule has 1 aromatic carbocycles. The van der Waals surface area contributed by atoms with Crippen LogP contribution in [-0.2, 0) is 0 Å². The first-order valence-corrected chi connectivity index (χ1v) is 5.39. The third kappa shape index (κ3) is 4.10. The van der Waals surface area contributed by atoms with Crippen molar-refractivity contribution < 1.29 is 22.6 Å². The summed E-state index contributed by atoms with van der Waals surface area (Å²) in [4.78, 5) is 0. The zero-order valence-corrected chi connectivity index (χ0v) is 10.5. The van der Waals surface area contributed by atoms with Gasteiger partial charge in [0.25, 0.3) is 0 Å². The zero-order valence-electron chi connectivity index (χ0n) is 10.5. The Hall–Kier alpha value is -1.43. The number of alkyl halides is 3.